The first-order valence-electron chi connectivity index (χ1n) is 6.88. The fourth-order valence-electron chi connectivity index (χ4n) is 2.16. The Labute approximate surface area is 128 Å². The quantitative estimate of drug-likeness (QED) is 0.892. The van der Waals surface area contributed by atoms with Crippen molar-refractivity contribution in [3.8, 4) is 5.75 Å². The van der Waals surface area contributed by atoms with E-state index >= 15 is 0 Å². The van der Waals surface area contributed by atoms with E-state index in [1.807, 2.05) is 14.0 Å². The number of ether oxygens (including phenoxy) is 1. The Morgan fingerprint density at radius 1 is 1.43 bits per heavy atom. The van der Waals surface area contributed by atoms with Crippen molar-refractivity contribution in [3.05, 3.63) is 46.0 Å². The molecular formula is C15H19ClFN3O. The van der Waals surface area contributed by atoms with Gasteiger partial charge in [0.05, 0.1) is 16.4 Å². The van der Waals surface area contributed by atoms with Crippen molar-refractivity contribution in [2.24, 2.45) is 12.8 Å². The van der Waals surface area contributed by atoms with E-state index in [-0.39, 0.29) is 12.4 Å². The number of halogens is 2. The van der Waals surface area contributed by atoms with Gasteiger partial charge in [0.1, 0.15) is 18.2 Å². The maximum absolute atomic E-state index is 13.3. The highest BCUT2D eigenvalue weighted by Crippen LogP contribution is 2.25. The fraction of sp³-hybridized carbons (Fsp3) is 0.400. The zero-order valence-electron chi connectivity index (χ0n) is 12.2. The van der Waals surface area contributed by atoms with E-state index in [9.17, 15) is 4.39 Å². The number of hydrogen-bond donors (Lipinski definition) is 1. The van der Waals surface area contributed by atoms with Crippen molar-refractivity contribution in [2.75, 3.05) is 6.54 Å². The second-order valence-electron chi connectivity index (χ2n) is 4.76. The van der Waals surface area contributed by atoms with Crippen molar-refractivity contribution in [2.45, 2.75) is 26.4 Å². The molecule has 0 amide bonds. The second kappa shape index (κ2) is 6.91. The van der Waals surface area contributed by atoms with Crippen molar-refractivity contribution in [3.63, 3.8) is 0 Å². The predicted octanol–water partition coefficient (Wildman–Crippen LogP) is 2.86. The molecule has 1 aromatic heterocycles. The predicted molar refractivity (Wildman–Crippen MR) is 81.1 cm³/mol. The Kier molecular flexibility index (Phi) is 5.20. The molecular weight excluding hydrogens is 293 g/mol. The topological polar surface area (TPSA) is 53.1 Å². The van der Waals surface area contributed by atoms with Crippen LogP contribution >= 0.6 is 11.6 Å². The molecule has 2 N–H and O–H groups in total. The van der Waals surface area contributed by atoms with Gasteiger partial charge in [0.2, 0.25) is 0 Å². The molecule has 21 heavy (non-hydrogen) atoms. The molecule has 0 fully saturated rings. The van der Waals surface area contributed by atoms with Crippen molar-refractivity contribution in [1.82, 2.24) is 9.78 Å². The third-order valence-corrected chi connectivity index (χ3v) is 3.74. The highest BCUT2D eigenvalue weighted by Gasteiger charge is 2.14. The van der Waals surface area contributed by atoms with E-state index in [0.717, 1.165) is 23.4 Å². The largest absolute Gasteiger partial charge is 0.487 e. The van der Waals surface area contributed by atoms with Gasteiger partial charge >= 0.3 is 0 Å². The summed E-state index contributed by atoms with van der Waals surface area (Å²) in [6.07, 6.45) is 1.33. The van der Waals surface area contributed by atoms with E-state index in [2.05, 4.69) is 5.10 Å². The Morgan fingerprint density at radius 2 is 2.19 bits per heavy atom. The van der Waals surface area contributed by atoms with Gasteiger partial charge in [-0.25, -0.2) is 4.39 Å². The Morgan fingerprint density at radius 3 is 2.81 bits per heavy atom. The minimum atomic E-state index is -0.294. The first kappa shape index (κ1) is 15.8. The molecule has 2 aromatic rings. The van der Waals surface area contributed by atoms with Gasteiger partial charge in [-0.05, 0) is 43.1 Å². The SMILES string of the molecule is CCc1nn(C)c(COc2ccc(F)cc2CCN)c1Cl. The zero-order chi connectivity index (χ0) is 15.4. The van der Waals surface area contributed by atoms with Gasteiger partial charge in [-0.2, -0.15) is 5.10 Å². The van der Waals surface area contributed by atoms with Gasteiger partial charge < -0.3 is 10.5 Å². The van der Waals surface area contributed by atoms with Crippen LogP contribution in [0.5, 0.6) is 5.75 Å². The Bertz CT molecular complexity index is 628. The van der Waals surface area contributed by atoms with E-state index in [4.69, 9.17) is 22.1 Å². The van der Waals surface area contributed by atoms with Crippen LogP contribution in [0.25, 0.3) is 0 Å². The number of aromatic nitrogens is 2. The van der Waals surface area contributed by atoms with Crippen LogP contribution in [0, 0.1) is 5.82 Å². The monoisotopic (exact) mass is 311 g/mol. The van der Waals surface area contributed by atoms with Crippen LogP contribution in [0.3, 0.4) is 0 Å². The molecule has 1 heterocycles. The molecule has 0 aliphatic rings. The summed E-state index contributed by atoms with van der Waals surface area (Å²) in [4.78, 5) is 0. The molecule has 4 nitrogen and oxygen atoms in total. The molecule has 0 radical (unpaired) electrons. The van der Waals surface area contributed by atoms with Crippen LogP contribution in [0.2, 0.25) is 5.02 Å². The van der Waals surface area contributed by atoms with Gasteiger partial charge in [-0.3, -0.25) is 4.68 Å². The molecule has 1 aromatic carbocycles. The molecule has 0 saturated heterocycles. The lowest BCUT2D eigenvalue weighted by molar-refractivity contribution is 0.291. The molecule has 0 aliphatic carbocycles. The van der Waals surface area contributed by atoms with Crippen LogP contribution in [0.4, 0.5) is 4.39 Å². The summed E-state index contributed by atoms with van der Waals surface area (Å²) in [5.41, 5.74) is 7.95. The highest BCUT2D eigenvalue weighted by atomic mass is 35.5. The summed E-state index contributed by atoms with van der Waals surface area (Å²) in [5, 5.41) is 4.97. The third-order valence-electron chi connectivity index (χ3n) is 3.30. The van der Waals surface area contributed by atoms with Crippen molar-refractivity contribution < 1.29 is 9.13 Å². The average molecular weight is 312 g/mol. The average Bonchev–Trinajstić information content (AvgIpc) is 2.73. The molecule has 0 atom stereocenters. The minimum absolute atomic E-state index is 0.283. The fourth-order valence-corrected chi connectivity index (χ4v) is 2.51. The van der Waals surface area contributed by atoms with E-state index in [1.165, 1.54) is 12.1 Å². The molecule has 0 spiro atoms. The lowest BCUT2D eigenvalue weighted by Gasteiger charge is -2.11. The number of hydrogen-bond acceptors (Lipinski definition) is 3. The second-order valence-corrected chi connectivity index (χ2v) is 5.14. The van der Waals surface area contributed by atoms with Crippen LogP contribution in [0.15, 0.2) is 18.2 Å². The van der Waals surface area contributed by atoms with Gasteiger partial charge in [0, 0.05) is 7.05 Å². The molecule has 0 saturated carbocycles. The lowest BCUT2D eigenvalue weighted by atomic mass is 10.1. The normalized spacial score (nSPS) is 10.9. The Balaban J connectivity index is 2.18. The maximum atomic E-state index is 13.3. The number of aryl methyl sites for hydroxylation is 2. The first-order chi connectivity index (χ1) is 10.1. The van der Waals surface area contributed by atoms with Crippen molar-refractivity contribution >= 4 is 11.6 Å². The summed E-state index contributed by atoms with van der Waals surface area (Å²) in [6.45, 7) is 2.72. The maximum Gasteiger partial charge on any atom is 0.131 e. The number of rotatable bonds is 6. The van der Waals surface area contributed by atoms with Crippen molar-refractivity contribution in [1.29, 1.82) is 0 Å². The van der Waals surface area contributed by atoms with Gasteiger partial charge in [-0.1, -0.05) is 18.5 Å². The van der Waals surface area contributed by atoms with Crippen LogP contribution < -0.4 is 10.5 Å². The van der Waals surface area contributed by atoms with Gasteiger partial charge in [-0.15, -0.1) is 0 Å². The smallest absolute Gasteiger partial charge is 0.131 e. The zero-order valence-corrected chi connectivity index (χ0v) is 13.0. The van der Waals surface area contributed by atoms with Crippen LogP contribution in [0.1, 0.15) is 23.9 Å². The summed E-state index contributed by atoms with van der Waals surface area (Å²) < 4.78 is 20.8. The van der Waals surface area contributed by atoms with Crippen LogP contribution in [-0.2, 0) is 26.5 Å². The summed E-state index contributed by atoms with van der Waals surface area (Å²) in [5.74, 6) is 0.329. The van der Waals surface area contributed by atoms with Gasteiger partial charge in [0.25, 0.3) is 0 Å². The molecule has 6 heteroatoms. The van der Waals surface area contributed by atoms with E-state index in [0.29, 0.717) is 23.7 Å². The molecule has 0 bridgehead atoms. The molecule has 0 aliphatic heterocycles. The number of nitrogens with two attached hydrogens (primary N) is 1. The standard InChI is InChI=1S/C15H19ClFN3O/c1-3-12-15(16)13(20(2)19-12)9-21-14-5-4-11(17)8-10(14)6-7-18/h4-5,8H,3,6-7,9,18H2,1-2H3. The van der Waals surface area contributed by atoms with Crippen LogP contribution in [-0.4, -0.2) is 16.3 Å². The third kappa shape index (κ3) is 3.54. The summed E-state index contributed by atoms with van der Waals surface area (Å²) in [6, 6.07) is 4.44. The number of nitrogens with zero attached hydrogens (tertiary/aromatic N) is 2. The minimum Gasteiger partial charge on any atom is -0.487 e. The number of benzene rings is 1. The summed E-state index contributed by atoms with van der Waals surface area (Å²) in [7, 11) is 1.83. The highest BCUT2D eigenvalue weighted by molar-refractivity contribution is 6.31. The van der Waals surface area contributed by atoms with E-state index in [1.54, 1.807) is 10.7 Å². The molecule has 2 rings (SSSR count). The molecule has 114 valence electrons. The summed E-state index contributed by atoms with van der Waals surface area (Å²) >= 11 is 6.28. The Hall–Kier alpha value is -1.59. The van der Waals surface area contributed by atoms with E-state index < -0.39 is 0 Å². The molecule has 0 unspecified atom stereocenters. The first-order valence-corrected chi connectivity index (χ1v) is 7.26. The lowest BCUT2D eigenvalue weighted by Crippen LogP contribution is -2.08. The van der Waals surface area contributed by atoms with Gasteiger partial charge in [0.15, 0.2) is 0 Å².